The van der Waals surface area contributed by atoms with Crippen LogP contribution in [0.25, 0.3) is 11.1 Å². The summed E-state index contributed by atoms with van der Waals surface area (Å²) in [6.07, 6.45) is 1.93. The largest absolute Gasteiger partial charge is 0.339 e. The highest BCUT2D eigenvalue weighted by Gasteiger charge is 2.19. The number of rotatable bonds is 12. The van der Waals surface area contributed by atoms with Crippen LogP contribution < -0.4 is 27.2 Å². The Labute approximate surface area is 210 Å². The van der Waals surface area contributed by atoms with Crippen LogP contribution in [0.3, 0.4) is 0 Å². The second kappa shape index (κ2) is 13.7. The van der Waals surface area contributed by atoms with Crippen LogP contribution in [0.2, 0.25) is 0 Å². The zero-order chi connectivity index (χ0) is 25.8. The molecular formula is C27H31N5O4. The van der Waals surface area contributed by atoms with Gasteiger partial charge in [0.15, 0.2) is 0 Å². The number of nitrogens with one attached hydrogen (secondary N) is 4. The summed E-state index contributed by atoms with van der Waals surface area (Å²) < 4.78 is 0. The maximum atomic E-state index is 12.3. The Bertz CT molecular complexity index is 1140. The third kappa shape index (κ3) is 8.02. The average Bonchev–Trinajstić information content (AvgIpc) is 2.92. The standard InChI is InChI=1S/C27H31N5O4/c28-17-24(27(35)32-36)31-26(34)22-10-8-20(9-11-22)21-12-14-23(15-13-21)30-25(33)18-29-16-4-7-19-5-2-1-3-6-19/h1-3,5-6,8-15,24,29,36H,4,7,16-18,28H2,(H,30,33)(H,31,34)(H,32,35)/t24-/m0/s1. The fraction of sp³-hybridized carbons (Fsp3) is 0.222. The van der Waals surface area contributed by atoms with Gasteiger partial charge in [0.2, 0.25) is 5.91 Å². The molecule has 0 bridgehead atoms. The normalized spacial score (nSPS) is 11.4. The maximum absolute atomic E-state index is 12.3. The van der Waals surface area contributed by atoms with Crippen molar-refractivity contribution < 1.29 is 19.6 Å². The minimum atomic E-state index is -1.03. The average molecular weight is 490 g/mol. The van der Waals surface area contributed by atoms with Crippen LogP contribution in [0.1, 0.15) is 22.3 Å². The number of amides is 3. The Morgan fingerprint density at radius 3 is 2.11 bits per heavy atom. The van der Waals surface area contributed by atoms with Gasteiger partial charge in [-0.05, 0) is 60.3 Å². The molecule has 0 saturated heterocycles. The van der Waals surface area contributed by atoms with Gasteiger partial charge in [0.25, 0.3) is 11.8 Å². The van der Waals surface area contributed by atoms with Gasteiger partial charge in [0.05, 0.1) is 6.54 Å². The van der Waals surface area contributed by atoms with Crippen molar-refractivity contribution >= 4 is 23.4 Å². The number of nitrogens with two attached hydrogens (primary N) is 1. The van der Waals surface area contributed by atoms with Crippen molar-refractivity contribution in [1.29, 1.82) is 0 Å². The van der Waals surface area contributed by atoms with Crippen LogP contribution in [0.15, 0.2) is 78.9 Å². The number of carbonyl (C=O) groups is 3. The zero-order valence-electron chi connectivity index (χ0n) is 19.9. The summed E-state index contributed by atoms with van der Waals surface area (Å²) in [6.45, 7) is 0.852. The van der Waals surface area contributed by atoms with E-state index in [1.54, 1.807) is 24.3 Å². The molecular weight excluding hydrogens is 458 g/mol. The molecule has 0 aromatic heterocycles. The van der Waals surface area contributed by atoms with Gasteiger partial charge in [-0.1, -0.05) is 54.6 Å². The predicted octanol–water partition coefficient (Wildman–Crippen LogP) is 2.08. The number of hydrogen-bond donors (Lipinski definition) is 6. The van der Waals surface area contributed by atoms with Gasteiger partial charge in [-0.2, -0.15) is 0 Å². The van der Waals surface area contributed by atoms with E-state index in [9.17, 15) is 14.4 Å². The highest BCUT2D eigenvalue weighted by Crippen LogP contribution is 2.22. The van der Waals surface area contributed by atoms with Crippen LogP contribution in [0.4, 0.5) is 5.69 Å². The zero-order valence-corrected chi connectivity index (χ0v) is 19.9. The Morgan fingerprint density at radius 2 is 1.50 bits per heavy atom. The number of benzene rings is 3. The lowest BCUT2D eigenvalue weighted by Crippen LogP contribution is -2.50. The summed E-state index contributed by atoms with van der Waals surface area (Å²) in [5.74, 6) is -1.37. The lowest BCUT2D eigenvalue weighted by molar-refractivity contribution is -0.130. The molecule has 0 heterocycles. The molecule has 3 aromatic rings. The van der Waals surface area contributed by atoms with Gasteiger partial charge < -0.3 is 21.7 Å². The van der Waals surface area contributed by atoms with E-state index < -0.39 is 17.9 Å². The lowest BCUT2D eigenvalue weighted by Gasteiger charge is -2.14. The number of carbonyl (C=O) groups excluding carboxylic acids is 3. The number of hydroxylamine groups is 1. The molecule has 3 amide bonds. The first-order valence-electron chi connectivity index (χ1n) is 11.7. The minimum Gasteiger partial charge on any atom is -0.339 e. The molecule has 9 nitrogen and oxygen atoms in total. The van der Waals surface area contributed by atoms with E-state index in [0.717, 1.165) is 30.5 Å². The van der Waals surface area contributed by atoms with E-state index in [2.05, 4.69) is 28.1 Å². The van der Waals surface area contributed by atoms with Crippen LogP contribution in [0.5, 0.6) is 0 Å². The van der Waals surface area contributed by atoms with Gasteiger partial charge in [-0.3, -0.25) is 19.6 Å². The molecule has 0 spiro atoms. The number of hydrogen-bond acceptors (Lipinski definition) is 6. The van der Waals surface area contributed by atoms with Crippen molar-refractivity contribution in [3.63, 3.8) is 0 Å². The Balaban J connectivity index is 1.45. The van der Waals surface area contributed by atoms with Crippen LogP contribution in [-0.4, -0.2) is 48.6 Å². The first-order chi connectivity index (χ1) is 17.5. The molecule has 0 aliphatic rings. The van der Waals surface area contributed by atoms with E-state index >= 15 is 0 Å². The molecule has 0 fully saturated rings. The molecule has 3 rings (SSSR count). The highest BCUT2D eigenvalue weighted by atomic mass is 16.5. The second-order valence-corrected chi connectivity index (χ2v) is 8.21. The molecule has 0 aliphatic heterocycles. The molecule has 188 valence electrons. The molecule has 0 radical (unpaired) electrons. The summed E-state index contributed by atoms with van der Waals surface area (Å²) in [4.78, 5) is 36.0. The van der Waals surface area contributed by atoms with E-state index in [1.807, 2.05) is 42.5 Å². The quantitative estimate of drug-likeness (QED) is 0.130. The van der Waals surface area contributed by atoms with Gasteiger partial charge >= 0.3 is 0 Å². The highest BCUT2D eigenvalue weighted by molar-refractivity contribution is 5.98. The van der Waals surface area contributed by atoms with Crippen molar-refractivity contribution in [2.45, 2.75) is 18.9 Å². The third-order valence-electron chi connectivity index (χ3n) is 5.56. The molecule has 0 unspecified atom stereocenters. The first kappa shape index (κ1) is 26.6. The molecule has 1 atom stereocenters. The van der Waals surface area contributed by atoms with Crippen molar-refractivity contribution in [2.24, 2.45) is 5.73 Å². The molecule has 36 heavy (non-hydrogen) atoms. The number of anilines is 1. The Kier molecular flexibility index (Phi) is 10.1. The van der Waals surface area contributed by atoms with E-state index in [0.29, 0.717) is 11.3 Å². The lowest BCUT2D eigenvalue weighted by atomic mass is 10.0. The maximum Gasteiger partial charge on any atom is 0.267 e. The van der Waals surface area contributed by atoms with E-state index in [4.69, 9.17) is 10.9 Å². The molecule has 0 saturated carbocycles. The Hall–Kier alpha value is -4.05. The van der Waals surface area contributed by atoms with Gasteiger partial charge in [0.1, 0.15) is 6.04 Å². The smallest absolute Gasteiger partial charge is 0.267 e. The molecule has 7 N–H and O–H groups in total. The fourth-order valence-corrected chi connectivity index (χ4v) is 3.58. The van der Waals surface area contributed by atoms with Crippen molar-refractivity contribution in [2.75, 3.05) is 25.0 Å². The Morgan fingerprint density at radius 1 is 0.861 bits per heavy atom. The molecule has 9 heteroatoms. The molecule has 0 aliphatic carbocycles. The fourth-order valence-electron chi connectivity index (χ4n) is 3.58. The SMILES string of the molecule is NC[C@H](NC(=O)c1ccc(-c2ccc(NC(=O)CNCCCc3ccccc3)cc2)cc1)C(=O)NO. The first-order valence-corrected chi connectivity index (χ1v) is 11.7. The summed E-state index contributed by atoms with van der Waals surface area (Å²) in [7, 11) is 0. The summed E-state index contributed by atoms with van der Waals surface area (Å²) >= 11 is 0. The predicted molar refractivity (Wildman–Crippen MR) is 138 cm³/mol. The van der Waals surface area contributed by atoms with Crippen LogP contribution in [-0.2, 0) is 16.0 Å². The summed E-state index contributed by atoms with van der Waals surface area (Å²) in [6, 6.07) is 23.5. The van der Waals surface area contributed by atoms with E-state index in [-0.39, 0.29) is 19.0 Å². The van der Waals surface area contributed by atoms with Gasteiger partial charge in [0, 0.05) is 17.8 Å². The monoisotopic (exact) mass is 489 g/mol. The van der Waals surface area contributed by atoms with Gasteiger partial charge in [-0.25, -0.2) is 5.48 Å². The van der Waals surface area contributed by atoms with Gasteiger partial charge in [-0.15, -0.1) is 0 Å². The second-order valence-electron chi connectivity index (χ2n) is 8.21. The minimum absolute atomic E-state index is 0.108. The third-order valence-corrected chi connectivity index (χ3v) is 5.56. The summed E-state index contributed by atoms with van der Waals surface area (Å²) in [5, 5.41) is 17.2. The van der Waals surface area contributed by atoms with Crippen molar-refractivity contribution in [1.82, 2.24) is 16.1 Å². The molecule has 3 aromatic carbocycles. The van der Waals surface area contributed by atoms with Crippen molar-refractivity contribution in [3.05, 3.63) is 90.0 Å². The van der Waals surface area contributed by atoms with Crippen molar-refractivity contribution in [3.8, 4) is 11.1 Å². The van der Waals surface area contributed by atoms with Crippen LogP contribution in [0, 0.1) is 0 Å². The van der Waals surface area contributed by atoms with Crippen LogP contribution >= 0.6 is 0 Å². The number of aryl methyl sites for hydroxylation is 1. The topological polar surface area (TPSA) is 146 Å². The summed E-state index contributed by atoms with van der Waals surface area (Å²) in [5.41, 5.74) is 11.1. The van der Waals surface area contributed by atoms with E-state index in [1.165, 1.54) is 11.0 Å².